The van der Waals surface area contributed by atoms with Gasteiger partial charge in [-0.3, -0.25) is 9.59 Å². The van der Waals surface area contributed by atoms with Crippen LogP contribution in [-0.2, 0) is 7.05 Å². The van der Waals surface area contributed by atoms with Crippen molar-refractivity contribution in [1.29, 1.82) is 0 Å². The molecule has 130 valence electrons. The van der Waals surface area contributed by atoms with E-state index in [-0.39, 0.29) is 10.9 Å². The molecule has 8 nitrogen and oxygen atoms in total. The van der Waals surface area contributed by atoms with Crippen LogP contribution < -0.4 is 16.0 Å². The van der Waals surface area contributed by atoms with Gasteiger partial charge in [0, 0.05) is 31.7 Å². The Kier molecular flexibility index (Phi) is 4.99. The zero-order valence-corrected chi connectivity index (χ0v) is 14.4. The summed E-state index contributed by atoms with van der Waals surface area (Å²) in [7, 11) is -0.292. The van der Waals surface area contributed by atoms with Gasteiger partial charge in [-0.05, 0) is 31.2 Å². The number of aromatic amines is 1. The summed E-state index contributed by atoms with van der Waals surface area (Å²) in [5.74, 6) is 1.18. The van der Waals surface area contributed by atoms with Crippen molar-refractivity contribution in [2.45, 2.75) is 19.3 Å². The molecule has 24 heavy (non-hydrogen) atoms. The first-order chi connectivity index (χ1) is 11.5. The highest BCUT2D eigenvalue weighted by Gasteiger charge is 2.21. The van der Waals surface area contributed by atoms with Gasteiger partial charge in [0.25, 0.3) is 11.1 Å². The summed E-state index contributed by atoms with van der Waals surface area (Å²) in [4.78, 5) is 47.3. The van der Waals surface area contributed by atoms with Crippen LogP contribution in [0.4, 0.5) is 5.82 Å². The van der Waals surface area contributed by atoms with E-state index in [9.17, 15) is 9.59 Å². The molecule has 1 saturated heterocycles. The van der Waals surface area contributed by atoms with Crippen molar-refractivity contribution in [3.8, 4) is 0 Å². The number of pyridine rings is 1. The maximum Gasteiger partial charge on any atom is 0.279 e. The molecule has 3 heterocycles. The lowest BCUT2D eigenvalue weighted by atomic mass is 9.94. The van der Waals surface area contributed by atoms with Gasteiger partial charge in [0.1, 0.15) is 11.2 Å². The predicted octanol–water partition coefficient (Wildman–Crippen LogP) is 0.525. The second-order valence-electron chi connectivity index (χ2n) is 6.20. The van der Waals surface area contributed by atoms with Crippen molar-refractivity contribution in [1.82, 2.24) is 14.8 Å². The maximum atomic E-state index is 12.3. The van der Waals surface area contributed by atoms with Crippen LogP contribution >= 0.6 is 8.38 Å². The molecular formula is C15H21N4O4P. The van der Waals surface area contributed by atoms with Gasteiger partial charge in [0.05, 0.1) is 6.20 Å². The molecule has 0 aromatic carbocycles. The van der Waals surface area contributed by atoms with Crippen LogP contribution in [0.15, 0.2) is 21.9 Å². The summed E-state index contributed by atoms with van der Waals surface area (Å²) in [5, 5.41) is 4.65. The predicted molar refractivity (Wildman–Crippen MR) is 93.4 cm³/mol. The highest BCUT2D eigenvalue weighted by Crippen LogP contribution is 2.30. The number of piperidine rings is 1. The summed E-state index contributed by atoms with van der Waals surface area (Å²) in [5.41, 5.74) is -0.789. The van der Waals surface area contributed by atoms with E-state index < -0.39 is 13.9 Å². The number of anilines is 1. The third kappa shape index (κ3) is 3.50. The van der Waals surface area contributed by atoms with Crippen molar-refractivity contribution in [3.63, 3.8) is 0 Å². The quantitative estimate of drug-likeness (QED) is 0.692. The third-order valence-electron chi connectivity index (χ3n) is 4.62. The first-order valence-electron chi connectivity index (χ1n) is 7.95. The van der Waals surface area contributed by atoms with Crippen LogP contribution in [0, 0.1) is 5.92 Å². The molecular weight excluding hydrogens is 331 g/mol. The average molecular weight is 352 g/mol. The number of H-pyrrole nitrogens is 1. The number of aromatic nitrogens is 3. The molecule has 2 aromatic rings. The van der Waals surface area contributed by atoms with Crippen molar-refractivity contribution in [2.75, 3.05) is 24.2 Å². The molecule has 0 bridgehead atoms. The van der Waals surface area contributed by atoms with E-state index in [2.05, 4.69) is 15.0 Å². The molecule has 1 aliphatic rings. The lowest BCUT2D eigenvalue weighted by Crippen LogP contribution is -2.36. The average Bonchev–Trinajstić information content (AvgIpc) is 2.56. The lowest BCUT2D eigenvalue weighted by Gasteiger charge is -2.33. The molecule has 3 N–H and O–H groups in total. The minimum Gasteiger partial charge on any atom is -0.358 e. The van der Waals surface area contributed by atoms with Crippen LogP contribution in [0.3, 0.4) is 0 Å². The molecule has 0 spiro atoms. The fourth-order valence-electron chi connectivity index (χ4n) is 3.18. The number of fused-ring (bicyclic) bond motifs is 1. The van der Waals surface area contributed by atoms with Crippen LogP contribution in [0.1, 0.15) is 19.3 Å². The smallest absolute Gasteiger partial charge is 0.279 e. The second kappa shape index (κ2) is 7.01. The molecule has 9 heteroatoms. The van der Waals surface area contributed by atoms with E-state index in [4.69, 9.17) is 9.79 Å². The zero-order chi connectivity index (χ0) is 17.3. The topological polar surface area (TPSA) is 111 Å². The van der Waals surface area contributed by atoms with E-state index in [1.165, 1.54) is 13.2 Å². The van der Waals surface area contributed by atoms with E-state index >= 15 is 0 Å². The SMILES string of the molecule is Cn1ncc2cc(N3CCC(CCP(O)O)CC3)[nH]c(=O)c2c1=O. The van der Waals surface area contributed by atoms with Gasteiger partial charge >= 0.3 is 0 Å². The van der Waals surface area contributed by atoms with Crippen molar-refractivity contribution in [3.05, 3.63) is 33.0 Å². The summed E-state index contributed by atoms with van der Waals surface area (Å²) < 4.78 is 1.15. The number of hydrogen-bond acceptors (Lipinski definition) is 6. The number of nitrogens with zero attached hydrogens (tertiary/aromatic N) is 3. The molecule has 0 unspecified atom stereocenters. The highest BCUT2D eigenvalue weighted by atomic mass is 31.2. The molecule has 3 rings (SSSR count). The second-order valence-corrected chi connectivity index (χ2v) is 7.39. The minimum absolute atomic E-state index is 0.130. The van der Waals surface area contributed by atoms with Gasteiger partial charge in [-0.15, -0.1) is 0 Å². The molecule has 1 aliphatic heterocycles. The van der Waals surface area contributed by atoms with E-state index in [0.29, 0.717) is 23.3 Å². The third-order valence-corrected chi connectivity index (χ3v) is 5.28. The number of rotatable bonds is 4. The summed E-state index contributed by atoms with van der Waals surface area (Å²) >= 11 is 0. The van der Waals surface area contributed by atoms with Crippen molar-refractivity contribution in [2.24, 2.45) is 13.0 Å². The van der Waals surface area contributed by atoms with Crippen LogP contribution in [-0.4, -0.2) is 43.8 Å². The lowest BCUT2D eigenvalue weighted by molar-refractivity contribution is 0.386. The summed E-state index contributed by atoms with van der Waals surface area (Å²) in [6.07, 6.45) is 4.70. The Morgan fingerprint density at radius 2 is 2.04 bits per heavy atom. The van der Waals surface area contributed by atoms with Crippen molar-refractivity contribution < 1.29 is 9.79 Å². The normalized spacial score (nSPS) is 16.2. The molecule has 0 atom stereocenters. The zero-order valence-electron chi connectivity index (χ0n) is 13.5. The van der Waals surface area contributed by atoms with E-state index in [0.717, 1.165) is 37.0 Å². The maximum absolute atomic E-state index is 12.3. The van der Waals surface area contributed by atoms with Gasteiger partial charge in [-0.1, -0.05) is 0 Å². The largest absolute Gasteiger partial charge is 0.358 e. The van der Waals surface area contributed by atoms with Gasteiger partial charge in [0.15, 0.2) is 8.38 Å². The standard InChI is InChI=1S/C15H21N4O4P/c1-18-15(21)13-11(9-16-18)8-12(17-14(13)20)19-5-2-10(3-6-19)4-7-24(22)23/h8-10,22-23H,2-7H2,1H3,(H,17,20). The molecule has 0 amide bonds. The van der Waals surface area contributed by atoms with E-state index in [1.54, 1.807) is 6.07 Å². The Morgan fingerprint density at radius 1 is 1.33 bits per heavy atom. The first-order valence-corrected chi connectivity index (χ1v) is 9.38. The van der Waals surface area contributed by atoms with Crippen LogP contribution in [0.5, 0.6) is 0 Å². The highest BCUT2D eigenvalue weighted by molar-refractivity contribution is 7.45. The molecule has 0 aliphatic carbocycles. The van der Waals surface area contributed by atoms with Gasteiger partial charge in [-0.25, -0.2) is 4.68 Å². The van der Waals surface area contributed by atoms with Gasteiger partial charge < -0.3 is 19.7 Å². The Labute approximate surface area is 139 Å². The number of hydrogen-bond donors (Lipinski definition) is 3. The van der Waals surface area contributed by atoms with Gasteiger partial charge in [0.2, 0.25) is 0 Å². The Balaban J connectivity index is 1.78. The Morgan fingerprint density at radius 3 is 2.71 bits per heavy atom. The molecule has 1 fully saturated rings. The minimum atomic E-state index is -1.81. The Hall–Kier alpha value is -1.76. The Bertz CT molecular complexity index is 839. The van der Waals surface area contributed by atoms with E-state index in [1.807, 2.05) is 0 Å². The molecule has 0 saturated carbocycles. The molecule has 2 aromatic heterocycles. The number of aryl methyl sites for hydroxylation is 1. The monoisotopic (exact) mass is 352 g/mol. The first kappa shape index (κ1) is 17.1. The fourth-order valence-corrected chi connectivity index (χ4v) is 3.78. The summed E-state index contributed by atoms with van der Waals surface area (Å²) in [6, 6.07) is 1.80. The van der Waals surface area contributed by atoms with Gasteiger partial charge in [-0.2, -0.15) is 5.10 Å². The number of nitrogens with one attached hydrogen (secondary N) is 1. The van der Waals surface area contributed by atoms with Crippen LogP contribution in [0.25, 0.3) is 10.8 Å². The molecule has 0 radical (unpaired) electrons. The van der Waals surface area contributed by atoms with Crippen LogP contribution in [0.2, 0.25) is 0 Å². The fraction of sp³-hybridized carbons (Fsp3) is 0.533. The van der Waals surface area contributed by atoms with Crippen molar-refractivity contribution >= 4 is 25.0 Å². The summed E-state index contributed by atoms with van der Waals surface area (Å²) in [6.45, 7) is 1.58.